The molecule has 5 nitrogen and oxygen atoms in total. The van der Waals surface area contributed by atoms with E-state index in [0.717, 1.165) is 36.9 Å². The van der Waals surface area contributed by atoms with Gasteiger partial charge in [-0.25, -0.2) is 9.07 Å². The molecule has 0 radical (unpaired) electrons. The van der Waals surface area contributed by atoms with Crippen LogP contribution < -0.4 is 10.6 Å². The summed E-state index contributed by atoms with van der Waals surface area (Å²) in [4.78, 5) is 4.23. The molecule has 0 unspecified atom stereocenters. The van der Waals surface area contributed by atoms with Gasteiger partial charge in [0.2, 0.25) is 0 Å². The molecule has 0 amide bonds. The van der Waals surface area contributed by atoms with Gasteiger partial charge in [-0.2, -0.15) is 5.10 Å². The van der Waals surface area contributed by atoms with Crippen molar-refractivity contribution in [2.45, 2.75) is 13.0 Å². The average Bonchev–Trinajstić information content (AvgIpc) is 3.15. The molecular formula is C20H22FN5. The summed E-state index contributed by atoms with van der Waals surface area (Å²) in [5.74, 6) is 0.506. The molecule has 0 bridgehead atoms. The predicted octanol–water partition coefficient (Wildman–Crippen LogP) is 2.92. The van der Waals surface area contributed by atoms with Crippen LogP contribution in [0.2, 0.25) is 0 Å². The molecule has 0 aliphatic heterocycles. The van der Waals surface area contributed by atoms with Crippen LogP contribution in [-0.2, 0) is 13.0 Å². The van der Waals surface area contributed by atoms with Crippen molar-refractivity contribution in [3.63, 3.8) is 0 Å². The first-order valence-corrected chi connectivity index (χ1v) is 8.53. The third kappa shape index (κ3) is 4.92. The van der Waals surface area contributed by atoms with E-state index in [0.29, 0.717) is 0 Å². The third-order valence-electron chi connectivity index (χ3n) is 3.94. The van der Waals surface area contributed by atoms with Gasteiger partial charge >= 0.3 is 0 Å². The molecule has 0 spiro atoms. The lowest BCUT2D eigenvalue weighted by Gasteiger charge is -2.11. The average molecular weight is 351 g/mol. The molecule has 2 N–H and O–H groups in total. The van der Waals surface area contributed by atoms with E-state index in [9.17, 15) is 4.39 Å². The van der Waals surface area contributed by atoms with Crippen LogP contribution in [0.1, 0.15) is 11.3 Å². The van der Waals surface area contributed by atoms with E-state index in [2.05, 4.69) is 32.9 Å². The van der Waals surface area contributed by atoms with E-state index in [1.165, 1.54) is 17.7 Å². The van der Waals surface area contributed by atoms with Crippen molar-refractivity contribution in [3.8, 4) is 5.69 Å². The molecule has 0 fully saturated rings. The lowest BCUT2D eigenvalue weighted by atomic mass is 10.2. The minimum atomic E-state index is -0.250. The van der Waals surface area contributed by atoms with E-state index in [1.807, 2.05) is 30.5 Å². The fourth-order valence-electron chi connectivity index (χ4n) is 2.54. The molecular weight excluding hydrogens is 329 g/mol. The van der Waals surface area contributed by atoms with Crippen molar-refractivity contribution in [3.05, 3.63) is 83.9 Å². The van der Waals surface area contributed by atoms with Gasteiger partial charge in [-0.05, 0) is 35.9 Å². The van der Waals surface area contributed by atoms with Crippen molar-refractivity contribution in [1.29, 1.82) is 0 Å². The van der Waals surface area contributed by atoms with Crippen molar-refractivity contribution >= 4 is 5.96 Å². The Balaban J connectivity index is 1.47. The van der Waals surface area contributed by atoms with Gasteiger partial charge in [0.05, 0.1) is 11.4 Å². The number of rotatable bonds is 6. The monoisotopic (exact) mass is 351 g/mol. The summed E-state index contributed by atoms with van der Waals surface area (Å²) in [7, 11) is 1.75. The van der Waals surface area contributed by atoms with Gasteiger partial charge in [-0.1, -0.05) is 30.3 Å². The fraction of sp³-hybridized carbons (Fsp3) is 0.200. The molecule has 1 heterocycles. The van der Waals surface area contributed by atoms with E-state index >= 15 is 0 Å². The summed E-state index contributed by atoms with van der Waals surface area (Å²) in [6.07, 6.45) is 2.64. The van der Waals surface area contributed by atoms with Crippen molar-refractivity contribution in [2.24, 2.45) is 4.99 Å². The minimum Gasteiger partial charge on any atom is -0.356 e. The maximum Gasteiger partial charge on any atom is 0.191 e. The molecule has 6 heteroatoms. The number of guanidine groups is 1. The van der Waals surface area contributed by atoms with Crippen molar-refractivity contribution in [2.75, 3.05) is 13.6 Å². The maximum absolute atomic E-state index is 13.0. The molecule has 1 aromatic heterocycles. The molecule has 3 rings (SSSR count). The Morgan fingerprint density at radius 2 is 1.81 bits per heavy atom. The predicted molar refractivity (Wildman–Crippen MR) is 102 cm³/mol. The van der Waals surface area contributed by atoms with Crippen LogP contribution in [-0.4, -0.2) is 29.3 Å². The number of nitrogens with zero attached hydrogens (tertiary/aromatic N) is 3. The second-order valence-electron chi connectivity index (χ2n) is 5.82. The Kier molecular flexibility index (Phi) is 5.98. The largest absolute Gasteiger partial charge is 0.356 e. The van der Waals surface area contributed by atoms with Gasteiger partial charge in [0.1, 0.15) is 5.82 Å². The summed E-state index contributed by atoms with van der Waals surface area (Å²) < 4.78 is 14.7. The van der Waals surface area contributed by atoms with Crippen LogP contribution in [0.15, 0.2) is 71.9 Å². The minimum absolute atomic E-state index is 0.250. The van der Waals surface area contributed by atoms with Crippen LogP contribution in [0.25, 0.3) is 5.69 Å². The summed E-state index contributed by atoms with van der Waals surface area (Å²) in [5.41, 5.74) is 3.00. The fourth-order valence-corrected chi connectivity index (χ4v) is 2.54. The summed E-state index contributed by atoms with van der Waals surface area (Å²) in [6, 6.07) is 18.4. The second kappa shape index (κ2) is 8.80. The highest BCUT2D eigenvalue weighted by Gasteiger charge is 2.03. The number of hydrogen-bond donors (Lipinski definition) is 2. The standard InChI is InChI=1S/C20H22FN5/c1-22-20(24-15-16-5-3-2-4-6-16)23-13-11-18-12-14-26(25-18)19-9-7-17(21)8-10-19/h2-10,12,14H,11,13,15H2,1H3,(H2,22,23,24). The maximum atomic E-state index is 13.0. The smallest absolute Gasteiger partial charge is 0.191 e. The third-order valence-corrected chi connectivity index (χ3v) is 3.94. The Labute approximate surface area is 152 Å². The summed E-state index contributed by atoms with van der Waals surface area (Å²) in [6.45, 7) is 1.44. The van der Waals surface area contributed by atoms with Crippen LogP contribution in [0.5, 0.6) is 0 Å². The van der Waals surface area contributed by atoms with Crippen LogP contribution in [0.3, 0.4) is 0 Å². The van der Waals surface area contributed by atoms with Gasteiger partial charge in [0.25, 0.3) is 0 Å². The molecule has 26 heavy (non-hydrogen) atoms. The number of aromatic nitrogens is 2. The SMILES string of the molecule is CN=C(NCCc1ccn(-c2ccc(F)cc2)n1)NCc1ccccc1. The first-order valence-electron chi connectivity index (χ1n) is 8.53. The van der Waals surface area contributed by atoms with Crippen LogP contribution >= 0.6 is 0 Å². The lowest BCUT2D eigenvalue weighted by Crippen LogP contribution is -2.37. The van der Waals surface area contributed by atoms with Crippen molar-refractivity contribution in [1.82, 2.24) is 20.4 Å². The number of nitrogens with one attached hydrogen (secondary N) is 2. The van der Waals surface area contributed by atoms with Gasteiger partial charge in [0.15, 0.2) is 5.96 Å². The highest BCUT2D eigenvalue weighted by molar-refractivity contribution is 5.79. The molecule has 0 aliphatic carbocycles. The molecule has 0 saturated carbocycles. The molecule has 3 aromatic rings. The van der Waals surface area contributed by atoms with E-state index in [1.54, 1.807) is 23.9 Å². The second-order valence-corrected chi connectivity index (χ2v) is 5.82. The zero-order valence-corrected chi connectivity index (χ0v) is 14.7. The van der Waals surface area contributed by atoms with Gasteiger partial charge < -0.3 is 10.6 Å². The van der Waals surface area contributed by atoms with E-state index < -0.39 is 0 Å². The highest BCUT2D eigenvalue weighted by Crippen LogP contribution is 2.09. The zero-order chi connectivity index (χ0) is 18.2. The molecule has 0 atom stereocenters. The van der Waals surface area contributed by atoms with Gasteiger partial charge in [-0.3, -0.25) is 4.99 Å². The van der Waals surface area contributed by atoms with Gasteiger partial charge in [0, 0.05) is 32.8 Å². The molecule has 0 saturated heterocycles. The van der Waals surface area contributed by atoms with Crippen LogP contribution in [0, 0.1) is 5.82 Å². The lowest BCUT2D eigenvalue weighted by molar-refractivity contribution is 0.627. The molecule has 2 aromatic carbocycles. The Morgan fingerprint density at radius 3 is 2.54 bits per heavy atom. The summed E-state index contributed by atoms with van der Waals surface area (Å²) >= 11 is 0. The quantitative estimate of drug-likeness (QED) is 0.530. The van der Waals surface area contributed by atoms with E-state index in [4.69, 9.17) is 0 Å². The number of aliphatic imine (C=N–C) groups is 1. The molecule has 0 aliphatic rings. The topological polar surface area (TPSA) is 54.2 Å². The highest BCUT2D eigenvalue weighted by atomic mass is 19.1. The first kappa shape index (κ1) is 17.7. The first-order chi connectivity index (χ1) is 12.7. The van der Waals surface area contributed by atoms with Crippen LogP contribution in [0.4, 0.5) is 4.39 Å². The van der Waals surface area contributed by atoms with Crippen molar-refractivity contribution < 1.29 is 4.39 Å². The molecule has 134 valence electrons. The Bertz CT molecular complexity index is 840. The number of halogens is 1. The normalized spacial score (nSPS) is 11.4. The summed E-state index contributed by atoms with van der Waals surface area (Å²) in [5, 5.41) is 11.1. The van der Waals surface area contributed by atoms with Gasteiger partial charge in [-0.15, -0.1) is 0 Å². The Morgan fingerprint density at radius 1 is 1.04 bits per heavy atom. The van der Waals surface area contributed by atoms with E-state index in [-0.39, 0.29) is 5.82 Å². The number of hydrogen-bond acceptors (Lipinski definition) is 2. The zero-order valence-electron chi connectivity index (χ0n) is 14.7. The Hall–Kier alpha value is -3.15. The number of benzene rings is 2.